The first kappa shape index (κ1) is 27.1. The minimum atomic E-state index is -3.50. The zero-order chi connectivity index (χ0) is 26.9. The monoisotopic (exact) mass is 544 g/mol. The van der Waals surface area contributed by atoms with Gasteiger partial charge in [0, 0.05) is 35.1 Å². The van der Waals surface area contributed by atoms with Crippen LogP contribution in [0, 0.1) is 6.92 Å². The van der Waals surface area contributed by atoms with Crippen molar-refractivity contribution < 1.29 is 13.2 Å². The summed E-state index contributed by atoms with van der Waals surface area (Å²) >= 11 is 6.13. The fourth-order valence-corrected chi connectivity index (χ4v) is 5.29. The summed E-state index contributed by atoms with van der Waals surface area (Å²) in [6.07, 6.45) is 2.71. The lowest BCUT2D eigenvalue weighted by Gasteiger charge is -2.27. The third-order valence-electron chi connectivity index (χ3n) is 6.01. The summed E-state index contributed by atoms with van der Waals surface area (Å²) in [5, 5.41) is 0.0901. The first-order chi connectivity index (χ1) is 17.4. The highest BCUT2D eigenvalue weighted by Crippen LogP contribution is 2.35. The normalized spacial score (nSPS) is 13.9. The maximum absolute atomic E-state index is 11.8. The van der Waals surface area contributed by atoms with Crippen molar-refractivity contribution in [3.05, 3.63) is 58.3 Å². The van der Waals surface area contributed by atoms with Gasteiger partial charge < -0.3 is 14.5 Å². The lowest BCUT2D eigenvalue weighted by atomic mass is 10.0. The summed E-state index contributed by atoms with van der Waals surface area (Å²) in [6.45, 7) is 8.86. The number of pyridine rings is 1. The zero-order valence-corrected chi connectivity index (χ0v) is 23.6. The van der Waals surface area contributed by atoms with Crippen molar-refractivity contribution in [1.82, 2.24) is 19.9 Å². The Morgan fingerprint density at radius 3 is 2.62 bits per heavy atom. The van der Waals surface area contributed by atoms with Crippen molar-refractivity contribution in [3.8, 4) is 16.9 Å². The van der Waals surface area contributed by atoms with Crippen LogP contribution in [0.2, 0.25) is 5.15 Å². The Kier molecular flexibility index (Phi) is 7.91. The van der Waals surface area contributed by atoms with E-state index in [1.54, 1.807) is 12.3 Å². The topological polar surface area (TPSA) is 101 Å². The summed E-state index contributed by atoms with van der Waals surface area (Å²) in [7, 11) is 0.519. The largest absolute Gasteiger partial charge is 0.491 e. The highest BCUT2D eigenvalue weighted by atomic mass is 35.5. The number of hydrogen-bond acceptors (Lipinski definition) is 8. The molecule has 0 saturated carbocycles. The summed E-state index contributed by atoms with van der Waals surface area (Å²) < 4.78 is 32.0. The Morgan fingerprint density at radius 2 is 1.95 bits per heavy atom. The van der Waals surface area contributed by atoms with E-state index in [4.69, 9.17) is 26.3 Å². The van der Waals surface area contributed by atoms with Crippen molar-refractivity contribution >= 4 is 33.1 Å². The van der Waals surface area contributed by atoms with Crippen LogP contribution < -0.4 is 14.4 Å². The molecule has 3 heterocycles. The SMILES string of the molecule is Cc1nc(CN(C)C)nc(N2CCOc3ccc(-c4cnc(Cl)c(NS(C)(=O)=O)c4)cc3C2)c1C(C)C. The van der Waals surface area contributed by atoms with E-state index in [0.29, 0.717) is 26.2 Å². The number of sulfonamides is 1. The molecule has 0 atom stereocenters. The molecule has 0 saturated heterocycles. The van der Waals surface area contributed by atoms with Crippen molar-refractivity contribution in [2.24, 2.45) is 0 Å². The molecule has 0 amide bonds. The molecule has 1 N–H and O–H groups in total. The molecule has 2 aromatic heterocycles. The van der Waals surface area contributed by atoms with E-state index in [0.717, 1.165) is 51.6 Å². The quantitative estimate of drug-likeness (QED) is 0.435. The Balaban J connectivity index is 1.73. The molecule has 0 fully saturated rings. The average molecular weight is 545 g/mol. The number of hydrogen-bond donors (Lipinski definition) is 1. The van der Waals surface area contributed by atoms with Gasteiger partial charge in [0.15, 0.2) is 5.15 Å². The number of aromatic nitrogens is 3. The Labute approximate surface area is 223 Å². The minimum absolute atomic E-state index is 0.0901. The van der Waals surface area contributed by atoms with Crippen LogP contribution in [-0.2, 0) is 23.1 Å². The first-order valence-electron chi connectivity index (χ1n) is 12.1. The number of aryl methyl sites for hydroxylation is 1. The van der Waals surface area contributed by atoms with Gasteiger partial charge in [0.25, 0.3) is 0 Å². The molecule has 1 aromatic carbocycles. The highest BCUT2D eigenvalue weighted by Gasteiger charge is 2.24. The standard InChI is InChI=1S/C26H33ClN6O3S/c1-16(2)24-17(3)29-23(15-32(4)5)30-26(24)33-9-10-36-22-8-7-18(11-20(22)14-33)19-12-21(25(27)28-13-19)31-37(6,34)35/h7-8,11-13,16,31H,9-10,14-15H2,1-6H3. The Morgan fingerprint density at radius 1 is 1.19 bits per heavy atom. The van der Waals surface area contributed by atoms with E-state index in [2.05, 4.69) is 40.3 Å². The molecule has 3 aromatic rings. The second-order valence-corrected chi connectivity index (χ2v) is 12.0. The molecule has 37 heavy (non-hydrogen) atoms. The van der Waals surface area contributed by atoms with Crippen LogP contribution in [0.1, 0.15) is 42.4 Å². The van der Waals surface area contributed by atoms with Crippen LogP contribution in [-0.4, -0.2) is 61.8 Å². The second-order valence-electron chi connectivity index (χ2n) is 9.88. The fraction of sp³-hybridized carbons (Fsp3) is 0.423. The molecular weight excluding hydrogens is 512 g/mol. The third-order valence-corrected chi connectivity index (χ3v) is 6.90. The zero-order valence-electron chi connectivity index (χ0n) is 22.0. The fourth-order valence-electron chi connectivity index (χ4n) is 4.53. The lowest BCUT2D eigenvalue weighted by Crippen LogP contribution is -2.29. The van der Waals surface area contributed by atoms with E-state index in [-0.39, 0.29) is 16.8 Å². The van der Waals surface area contributed by atoms with Crippen molar-refractivity contribution in [2.75, 3.05) is 43.1 Å². The number of fused-ring (bicyclic) bond motifs is 1. The molecule has 4 rings (SSSR count). The maximum atomic E-state index is 11.8. The first-order valence-corrected chi connectivity index (χ1v) is 14.3. The Hall–Kier alpha value is -2.95. The molecule has 0 unspecified atom stereocenters. The Bertz CT molecular complexity index is 1410. The van der Waals surface area contributed by atoms with Crippen LogP contribution in [0.25, 0.3) is 11.1 Å². The van der Waals surface area contributed by atoms with Gasteiger partial charge in [0.05, 0.1) is 25.0 Å². The van der Waals surface area contributed by atoms with Crippen LogP contribution >= 0.6 is 11.6 Å². The molecule has 1 aliphatic rings. The summed E-state index contributed by atoms with van der Waals surface area (Å²) in [5.74, 6) is 2.81. The van der Waals surface area contributed by atoms with Gasteiger partial charge in [-0.15, -0.1) is 0 Å². The third kappa shape index (κ3) is 6.49. The van der Waals surface area contributed by atoms with E-state index < -0.39 is 10.0 Å². The van der Waals surface area contributed by atoms with Crippen LogP contribution in [0.4, 0.5) is 11.5 Å². The van der Waals surface area contributed by atoms with Gasteiger partial charge in [-0.3, -0.25) is 4.72 Å². The number of ether oxygens (including phenoxy) is 1. The number of halogens is 1. The predicted octanol–water partition coefficient (Wildman–Crippen LogP) is 4.46. The number of benzene rings is 1. The molecule has 9 nitrogen and oxygen atoms in total. The smallest absolute Gasteiger partial charge is 0.229 e. The second kappa shape index (κ2) is 10.8. The number of anilines is 2. The van der Waals surface area contributed by atoms with Crippen LogP contribution in [0.3, 0.4) is 0 Å². The van der Waals surface area contributed by atoms with Gasteiger partial charge >= 0.3 is 0 Å². The predicted molar refractivity (Wildman–Crippen MR) is 148 cm³/mol. The molecule has 0 bridgehead atoms. The molecule has 0 aliphatic carbocycles. The lowest BCUT2D eigenvalue weighted by molar-refractivity contribution is 0.331. The highest BCUT2D eigenvalue weighted by molar-refractivity contribution is 7.92. The van der Waals surface area contributed by atoms with E-state index in [1.165, 1.54) is 0 Å². The van der Waals surface area contributed by atoms with Crippen molar-refractivity contribution in [1.29, 1.82) is 0 Å². The van der Waals surface area contributed by atoms with Gasteiger partial charge in [-0.1, -0.05) is 31.5 Å². The van der Waals surface area contributed by atoms with Gasteiger partial charge in [0.1, 0.15) is 24.0 Å². The molecule has 0 radical (unpaired) electrons. The summed E-state index contributed by atoms with van der Waals surface area (Å²) in [6, 6.07) is 7.62. The number of nitrogens with one attached hydrogen (secondary N) is 1. The average Bonchev–Trinajstić information content (AvgIpc) is 3.00. The molecule has 1 aliphatic heterocycles. The van der Waals surface area contributed by atoms with Crippen LogP contribution in [0.15, 0.2) is 30.5 Å². The van der Waals surface area contributed by atoms with E-state index >= 15 is 0 Å². The van der Waals surface area contributed by atoms with Gasteiger partial charge in [-0.2, -0.15) is 0 Å². The molecule has 11 heteroatoms. The van der Waals surface area contributed by atoms with Gasteiger partial charge in [0.2, 0.25) is 10.0 Å². The summed E-state index contributed by atoms with van der Waals surface area (Å²) in [4.78, 5) is 18.3. The van der Waals surface area contributed by atoms with Gasteiger partial charge in [-0.05, 0) is 50.7 Å². The van der Waals surface area contributed by atoms with Crippen molar-refractivity contribution in [2.45, 2.75) is 39.8 Å². The van der Waals surface area contributed by atoms with E-state index in [9.17, 15) is 8.42 Å². The number of rotatable bonds is 7. The maximum Gasteiger partial charge on any atom is 0.229 e. The molecular formula is C26H33ClN6O3S. The molecule has 0 spiro atoms. The minimum Gasteiger partial charge on any atom is -0.491 e. The summed E-state index contributed by atoms with van der Waals surface area (Å²) in [5.41, 5.74) is 4.99. The van der Waals surface area contributed by atoms with E-state index in [1.807, 2.05) is 32.3 Å². The van der Waals surface area contributed by atoms with Gasteiger partial charge in [-0.25, -0.2) is 23.4 Å². The van der Waals surface area contributed by atoms with Crippen LogP contribution in [0.5, 0.6) is 5.75 Å². The van der Waals surface area contributed by atoms with Crippen molar-refractivity contribution in [3.63, 3.8) is 0 Å². The number of nitrogens with zero attached hydrogens (tertiary/aromatic N) is 5. The molecule has 198 valence electrons.